The van der Waals surface area contributed by atoms with Gasteiger partial charge in [-0.3, -0.25) is 0 Å². The Hall–Kier alpha value is -1.58. The van der Waals surface area contributed by atoms with E-state index in [0.29, 0.717) is 13.2 Å². The van der Waals surface area contributed by atoms with Crippen molar-refractivity contribution in [3.8, 4) is 5.75 Å². The standard InChI is InChI=1S/C20H27NO2/c1-17-8-10-21(11-9-17)12-13-22-14-15-23-20-7-6-18-4-2-3-5-19(18)16-20/h2-7,16-17H,8-15H2,1H3. The summed E-state index contributed by atoms with van der Waals surface area (Å²) in [5, 5.41) is 2.46. The summed E-state index contributed by atoms with van der Waals surface area (Å²) in [6.07, 6.45) is 2.65. The zero-order valence-corrected chi connectivity index (χ0v) is 14.0. The highest BCUT2D eigenvalue weighted by Gasteiger charge is 2.14. The first kappa shape index (κ1) is 16.3. The number of nitrogens with zero attached hydrogens (tertiary/aromatic N) is 1. The van der Waals surface area contributed by atoms with Crippen molar-refractivity contribution in [1.82, 2.24) is 4.90 Å². The third-order valence-corrected chi connectivity index (χ3v) is 4.65. The minimum Gasteiger partial charge on any atom is -0.491 e. The van der Waals surface area contributed by atoms with Crippen molar-refractivity contribution in [3.63, 3.8) is 0 Å². The smallest absolute Gasteiger partial charge is 0.120 e. The fourth-order valence-corrected chi connectivity index (χ4v) is 3.06. The topological polar surface area (TPSA) is 21.7 Å². The molecule has 1 fully saturated rings. The molecule has 0 unspecified atom stereocenters. The minimum atomic E-state index is 0.607. The van der Waals surface area contributed by atoms with Gasteiger partial charge < -0.3 is 14.4 Å². The first-order valence-electron chi connectivity index (χ1n) is 8.73. The van der Waals surface area contributed by atoms with Gasteiger partial charge in [0.15, 0.2) is 0 Å². The van der Waals surface area contributed by atoms with Crippen LogP contribution in [0.2, 0.25) is 0 Å². The monoisotopic (exact) mass is 313 g/mol. The largest absolute Gasteiger partial charge is 0.491 e. The molecule has 0 bridgehead atoms. The van der Waals surface area contributed by atoms with Crippen molar-refractivity contribution < 1.29 is 9.47 Å². The Labute approximate surface area is 139 Å². The van der Waals surface area contributed by atoms with Crippen LogP contribution >= 0.6 is 0 Å². The lowest BCUT2D eigenvalue weighted by Gasteiger charge is -2.29. The normalized spacial score (nSPS) is 16.7. The van der Waals surface area contributed by atoms with Crippen LogP contribution in [0.25, 0.3) is 10.8 Å². The Morgan fingerprint density at radius 3 is 2.57 bits per heavy atom. The fourth-order valence-electron chi connectivity index (χ4n) is 3.06. The molecule has 2 aromatic rings. The number of rotatable bonds is 7. The zero-order chi connectivity index (χ0) is 15.9. The van der Waals surface area contributed by atoms with Crippen LogP contribution in [0, 0.1) is 5.92 Å². The SMILES string of the molecule is CC1CCN(CCOCCOc2ccc3ccccc3c2)CC1. The predicted molar refractivity (Wildman–Crippen MR) is 95.1 cm³/mol. The van der Waals surface area contributed by atoms with Crippen molar-refractivity contribution in [2.75, 3.05) is 39.5 Å². The maximum atomic E-state index is 5.78. The molecule has 3 nitrogen and oxygen atoms in total. The average molecular weight is 313 g/mol. The molecule has 1 aliphatic heterocycles. The van der Waals surface area contributed by atoms with Gasteiger partial charge in [-0.15, -0.1) is 0 Å². The van der Waals surface area contributed by atoms with E-state index < -0.39 is 0 Å². The molecule has 0 aromatic heterocycles. The summed E-state index contributed by atoms with van der Waals surface area (Å²) in [6, 6.07) is 14.5. The average Bonchev–Trinajstić information content (AvgIpc) is 2.59. The molecule has 3 rings (SSSR count). The highest BCUT2D eigenvalue weighted by Crippen LogP contribution is 2.20. The van der Waals surface area contributed by atoms with Gasteiger partial charge in [0.2, 0.25) is 0 Å². The third kappa shape index (κ3) is 4.95. The fraction of sp³-hybridized carbons (Fsp3) is 0.500. The highest BCUT2D eigenvalue weighted by molar-refractivity contribution is 5.83. The second-order valence-electron chi connectivity index (χ2n) is 6.49. The molecule has 124 valence electrons. The van der Waals surface area contributed by atoms with E-state index in [9.17, 15) is 0 Å². The summed E-state index contributed by atoms with van der Waals surface area (Å²) in [5.41, 5.74) is 0. The van der Waals surface area contributed by atoms with Crippen molar-refractivity contribution in [1.29, 1.82) is 0 Å². The maximum absolute atomic E-state index is 5.78. The number of hydrogen-bond acceptors (Lipinski definition) is 3. The Morgan fingerprint density at radius 1 is 0.957 bits per heavy atom. The molecule has 0 aliphatic carbocycles. The molecule has 1 heterocycles. The van der Waals surface area contributed by atoms with Gasteiger partial charge in [0.05, 0.1) is 13.2 Å². The molecule has 1 aliphatic rings. The summed E-state index contributed by atoms with van der Waals surface area (Å²) in [7, 11) is 0. The molecule has 2 aromatic carbocycles. The highest BCUT2D eigenvalue weighted by atomic mass is 16.5. The first-order chi connectivity index (χ1) is 11.3. The Kier molecular flexibility index (Phi) is 5.89. The molecule has 0 saturated carbocycles. The van der Waals surface area contributed by atoms with E-state index in [1.165, 1.54) is 36.7 Å². The van der Waals surface area contributed by atoms with E-state index in [1.54, 1.807) is 0 Å². The van der Waals surface area contributed by atoms with E-state index in [4.69, 9.17) is 9.47 Å². The molecule has 3 heteroatoms. The Bertz CT molecular complexity index is 605. The lowest BCUT2D eigenvalue weighted by molar-refractivity contribution is 0.0709. The van der Waals surface area contributed by atoms with Crippen LogP contribution in [-0.2, 0) is 4.74 Å². The number of ether oxygens (including phenoxy) is 2. The van der Waals surface area contributed by atoms with Gasteiger partial charge >= 0.3 is 0 Å². The number of piperidine rings is 1. The van der Waals surface area contributed by atoms with Crippen molar-refractivity contribution in [2.24, 2.45) is 5.92 Å². The van der Waals surface area contributed by atoms with Crippen molar-refractivity contribution in [3.05, 3.63) is 42.5 Å². The van der Waals surface area contributed by atoms with E-state index in [-0.39, 0.29) is 0 Å². The Morgan fingerprint density at radius 2 is 1.74 bits per heavy atom. The van der Waals surface area contributed by atoms with Crippen molar-refractivity contribution in [2.45, 2.75) is 19.8 Å². The van der Waals surface area contributed by atoms with Crippen LogP contribution in [0.5, 0.6) is 5.75 Å². The van der Waals surface area contributed by atoms with E-state index in [2.05, 4.69) is 48.2 Å². The quantitative estimate of drug-likeness (QED) is 0.722. The molecule has 0 atom stereocenters. The minimum absolute atomic E-state index is 0.607. The van der Waals surface area contributed by atoms with Crippen LogP contribution < -0.4 is 4.74 Å². The van der Waals surface area contributed by atoms with Crippen LogP contribution in [-0.4, -0.2) is 44.4 Å². The van der Waals surface area contributed by atoms with Gasteiger partial charge in [-0.25, -0.2) is 0 Å². The summed E-state index contributed by atoms with van der Waals surface area (Å²) >= 11 is 0. The maximum Gasteiger partial charge on any atom is 0.120 e. The van der Waals surface area contributed by atoms with Crippen LogP contribution in [0.15, 0.2) is 42.5 Å². The van der Waals surface area contributed by atoms with Gasteiger partial charge in [-0.1, -0.05) is 37.3 Å². The lowest BCUT2D eigenvalue weighted by atomic mass is 9.99. The summed E-state index contributed by atoms with van der Waals surface area (Å²) in [6.45, 7) is 7.89. The number of hydrogen-bond donors (Lipinski definition) is 0. The molecule has 1 saturated heterocycles. The summed E-state index contributed by atoms with van der Waals surface area (Å²) in [4.78, 5) is 2.50. The van der Waals surface area contributed by atoms with Crippen LogP contribution in [0.1, 0.15) is 19.8 Å². The van der Waals surface area contributed by atoms with Gasteiger partial charge in [-0.05, 0) is 54.8 Å². The molecular weight excluding hydrogens is 286 g/mol. The zero-order valence-electron chi connectivity index (χ0n) is 14.0. The first-order valence-corrected chi connectivity index (χ1v) is 8.73. The van der Waals surface area contributed by atoms with Crippen molar-refractivity contribution >= 4 is 10.8 Å². The van der Waals surface area contributed by atoms with Crippen LogP contribution in [0.4, 0.5) is 0 Å². The predicted octanol–water partition coefficient (Wildman–Crippen LogP) is 3.97. The van der Waals surface area contributed by atoms with Crippen LogP contribution in [0.3, 0.4) is 0 Å². The second kappa shape index (κ2) is 8.32. The van der Waals surface area contributed by atoms with Gasteiger partial charge in [-0.2, -0.15) is 0 Å². The summed E-state index contributed by atoms with van der Waals surface area (Å²) in [5.74, 6) is 1.81. The number of likely N-dealkylation sites (tertiary alicyclic amines) is 1. The number of fused-ring (bicyclic) bond motifs is 1. The molecule has 0 spiro atoms. The van der Waals surface area contributed by atoms with Gasteiger partial charge in [0.1, 0.15) is 12.4 Å². The number of benzene rings is 2. The van der Waals surface area contributed by atoms with E-state index in [1.807, 2.05) is 6.07 Å². The Balaban J connectivity index is 1.31. The third-order valence-electron chi connectivity index (χ3n) is 4.65. The lowest BCUT2D eigenvalue weighted by Crippen LogP contribution is -2.35. The summed E-state index contributed by atoms with van der Waals surface area (Å²) < 4.78 is 11.5. The molecule has 0 N–H and O–H groups in total. The molecule has 0 amide bonds. The van der Waals surface area contributed by atoms with E-state index >= 15 is 0 Å². The molecular formula is C20H27NO2. The molecule has 0 radical (unpaired) electrons. The van der Waals surface area contributed by atoms with Gasteiger partial charge in [0.25, 0.3) is 0 Å². The van der Waals surface area contributed by atoms with E-state index in [0.717, 1.165) is 24.8 Å². The molecule has 23 heavy (non-hydrogen) atoms. The second-order valence-corrected chi connectivity index (χ2v) is 6.49. The van der Waals surface area contributed by atoms with Gasteiger partial charge in [0, 0.05) is 6.54 Å².